The summed E-state index contributed by atoms with van der Waals surface area (Å²) in [5.41, 5.74) is 0.711. The van der Waals surface area contributed by atoms with Gasteiger partial charge < -0.3 is 14.6 Å². The molecular weight excluding hydrogens is 258 g/mol. The number of phenols is 1. The smallest absolute Gasteiger partial charge is 0.323 e. The van der Waals surface area contributed by atoms with Crippen LogP contribution in [0.15, 0.2) is 18.2 Å². The van der Waals surface area contributed by atoms with Gasteiger partial charge in [-0.3, -0.25) is 10.1 Å². The highest BCUT2D eigenvalue weighted by Crippen LogP contribution is 2.23. The standard InChI is InChI=1S/C15H23NO4/c1-5-10(2)14(15(18)20-4)16-9-11-6-7-12(19-3)8-13(11)17/h6-8,10,14,16-17H,5,9H2,1-4H3. The monoisotopic (exact) mass is 281 g/mol. The number of carbonyl (C=O) groups excluding carboxylic acids is 1. The molecule has 0 aliphatic rings. The lowest BCUT2D eigenvalue weighted by Gasteiger charge is -2.22. The van der Waals surface area contributed by atoms with Crippen LogP contribution >= 0.6 is 0 Å². The molecule has 0 saturated carbocycles. The molecule has 0 saturated heterocycles. The van der Waals surface area contributed by atoms with E-state index in [1.165, 1.54) is 7.11 Å². The number of ether oxygens (including phenoxy) is 2. The van der Waals surface area contributed by atoms with Crippen molar-refractivity contribution in [1.82, 2.24) is 5.32 Å². The van der Waals surface area contributed by atoms with Gasteiger partial charge >= 0.3 is 5.97 Å². The number of methoxy groups -OCH3 is 2. The topological polar surface area (TPSA) is 67.8 Å². The Labute approximate surface area is 119 Å². The van der Waals surface area contributed by atoms with Crippen molar-refractivity contribution in [2.45, 2.75) is 32.9 Å². The molecule has 112 valence electrons. The van der Waals surface area contributed by atoms with Crippen LogP contribution in [0, 0.1) is 5.92 Å². The molecule has 0 radical (unpaired) electrons. The minimum atomic E-state index is -0.383. The third kappa shape index (κ3) is 4.13. The quantitative estimate of drug-likeness (QED) is 0.749. The van der Waals surface area contributed by atoms with Crippen molar-refractivity contribution in [3.05, 3.63) is 23.8 Å². The Balaban J connectivity index is 2.74. The molecule has 0 aromatic heterocycles. The van der Waals surface area contributed by atoms with Gasteiger partial charge in [0.1, 0.15) is 17.5 Å². The maximum Gasteiger partial charge on any atom is 0.323 e. The average molecular weight is 281 g/mol. The first-order valence-electron chi connectivity index (χ1n) is 6.70. The molecule has 5 heteroatoms. The van der Waals surface area contributed by atoms with Gasteiger partial charge in [-0.1, -0.05) is 26.3 Å². The van der Waals surface area contributed by atoms with Crippen molar-refractivity contribution in [3.63, 3.8) is 0 Å². The van der Waals surface area contributed by atoms with Gasteiger partial charge in [0.2, 0.25) is 0 Å². The zero-order chi connectivity index (χ0) is 15.1. The van der Waals surface area contributed by atoms with E-state index in [9.17, 15) is 9.90 Å². The van der Waals surface area contributed by atoms with Gasteiger partial charge in [-0.25, -0.2) is 0 Å². The fraction of sp³-hybridized carbons (Fsp3) is 0.533. The Morgan fingerprint density at radius 1 is 1.40 bits per heavy atom. The average Bonchev–Trinajstić information content (AvgIpc) is 2.47. The molecule has 0 bridgehead atoms. The van der Waals surface area contributed by atoms with Gasteiger partial charge in [-0.2, -0.15) is 0 Å². The number of carbonyl (C=O) groups is 1. The molecule has 0 spiro atoms. The Kier molecular flexibility index (Phi) is 6.31. The van der Waals surface area contributed by atoms with E-state index in [-0.39, 0.29) is 23.7 Å². The molecule has 5 nitrogen and oxygen atoms in total. The molecule has 1 rings (SSSR count). The highest BCUT2D eigenvalue weighted by molar-refractivity contribution is 5.76. The highest BCUT2D eigenvalue weighted by Gasteiger charge is 2.24. The summed E-state index contributed by atoms with van der Waals surface area (Å²) in [6, 6.07) is 4.71. The summed E-state index contributed by atoms with van der Waals surface area (Å²) >= 11 is 0. The minimum absolute atomic E-state index is 0.143. The molecule has 2 atom stereocenters. The number of phenolic OH excluding ortho intramolecular Hbond substituents is 1. The maximum atomic E-state index is 11.8. The molecule has 1 aromatic carbocycles. The van der Waals surface area contributed by atoms with E-state index in [1.54, 1.807) is 25.3 Å². The van der Waals surface area contributed by atoms with Gasteiger partial charge in [-0.05, 0) is 12.0 Å². The van der Waals surface area contributed by atoms with Crippen molar-refractivity contribution in [1.29, 1.82) is 0 Å². The second-order valence-corrected chi connectivity index (χ2v) is 4.76. The third-order valence-corrected chi connectivity index (χ3v) is 3.47. The number of hydrogen-bond donors (Lipinski definition) is 2. The molecule has 20 heavy (non-hydrogen) atoms. The van der Waals surface area contributed by atoms with Gasteiger partial charge in [0.25, 0.3) is 0 Å². The number of benzene rings is 1. The van der Waals surface area contributed by atoms with Crippen LogP contribution in [0.4, 0.5) is 0 Å². The zero-order valence-electron chi connectivity index (χ0n) is 12.5. The maximum absolute atomic E-state index is 11.8. The second-order valence-electron chi connectivity index (χ2n) is 4.76. The third-order valence-electron chi connectivity index (χ3n) is 3.47. The molecule has 0 aliphatic heterocycles. The predicted octanol–water partition coefficient (Wildman–Crippen LogP) is 2.08. The number of aromatic hydroxyl groups is 1. The summed E-state index contributed by atoms with van der Waals surface area (Å²) in [4.78, 5) is 11.8. The van der Waals surface area contributed by atoms with Crippen molar-refractivity contribution in [3.8, 4) is 11.5 Å². The van der Waals surface area contributed by atoms with E-state index in [4.69, 9.17) is 9.47 Å². The van der Waals surface area contributed by atoms with E-state index in [2.05, 4.69) is 5.32 Å². The summed E-state index contributed by atoms with van der Waals surface area (Å²) in [5.74, 6) is 0.609. The molecule has 0 aliphatic carbocycles. The van der Waals surface area contributed by atoms with Crippen LogP contribution in [-0.4, -0.2) is 31.3 Å². The van der Waals surface area contributed by atoms with Crippen LogP contribution in [0.1, 0.15) is 25.8 Å². The van der Waals surface area contributed by atoms with Gasteiger partial charge in [0.05, 0.1) is 14.2 Å². The van der Waals surface area contributed by atoms with E-state index in [0.29, 0.717) is 17.9 Å². The summed E-state index contributed by atoms with van der Waals surface area (Å²) in [6.07, 6.45) is 0.862. The van der Waals surface area contributed by atoms with Crippen LogP contribution < -0.4 is 10.1 Å². The summed E-state index contributed by atoms with van der Waals surface area (Å²) in [5, 5.41) is 13.0. The SMILES string of the molecule is CCC(C)C(NCc1ccc(OC)cc1O)C(=O)OC. The second kappa shape index (κ2) is 7.75. The Bertz CT molecular complexity index is 447. The molecule has 0 fully saturated rings. The predicted molar refractivity (Wildman–Crippen MR) is 76.8 cm³/mol. The number of hydrogen-bond acceptors (Lipinski definition) is 5. The first kappa shape index (κ1) is 16.3. The summed E-state index contributed by atoms with van der Waals surface area (Å²) in [6.45, 7) is 4.40. The van der Waals surface area contributed by atoms with Gasteiger partial charge in [-0.15, -0.1) is 0 Å². The molecule has 0 amide bonds. The van der Waals surface area contributed by atoms with Crippen LogP contribution in [0.5, 0.6) is 11.5 Å². The Morgan fingerprint density at radius 3 is 2.60 bits per heavy atom. The molecule has 2 N–H and O–H groups in total. The van der Waals surface area contributed by atoms with Crippen LogP contribution in [0.2, 0.25) is 0 Å². The van der Waals surface area contributed by atoms with Crippen LogP contribution in [-0.2, 0) is 16.1 Å². The lowest BCUT2D eigenvalue weighted by molar-refractivity contribution is -0.144. The van der Waals surface area contributed by atoms with E-state index < -0.39 is 0 Å². The van der Waals surface area contributed by atoms with Crippen molar-refractivity contribution in [2.75, 3.05) is 14.2 Å². The molecular formula is C15H23NO4. The fourth-order valence-electron chi connectivity index (χ4n) is 1.92. The van der Waals surface area contributed by atoms with Crippen molar-refractivity contribution >= 4 is 5.97 Å². The number of nitrogens with one attached hydrogen (secondary N) is 1. The van der Waals surface area contributed by atoms with E-state index >= 15 is 0 Å². The zero-order valence-corrected chi connectivity index (χ0v) is 12.5. The highest BCUT2D eigenvalue weighted by atomic mass is 16.5. The first-order valence-corrected chi connectivity index (χ1v) is 6.70. The van der Waals surface area contributed by atoms with Crippen molar-refractivity contribution < 1.29 is 19.4 Å². The molecule has 2 unspecified atom stereocenters. The fourth-order valence-corrected chi connectivity index (χ4v) is 1.92. The van der Waals surface area contributed by atoms with Gasteiger partial charge in [0, 0.05) is 18.2 Å². The normalized spacial score (nSPS) is 13.6. The number of esters is 1. The van der Waals surface area contributed by atoms with Crippen LogP contribution in [0.3, 0.4) is 0 Å². The van der Waals surface area contributed by atoms with E-state index in [1.807, 2.05) is 13.8 Å². The number of rotatable bonds is 7. The first-order chi connectivity index (χ1) is 9.53. The Hall–Kier alpha value is -1.75. The van der Waals surface area contributed by atoms with Crippen LogP contribution in [0.25, 0.3) is 0 Å². The summed E-state index contributed by atoms with van der Waals surface area (Å²) < 4.78 is 9.84. The molecule has 0 heterocycles. The molecule has 1 aromatic rings. The largest absolute Gasteiger partial charge is 0.507 e. The van der Waals surface area contributed by atoms with Crippen molar-refractivity contribution in [2.24, 2.45) is 5.92 Å². The lowest BCUT2D eigenvalue weighted by Crippen LogP contribution is -2.42. The van der Waals surface area contributed by atoms with Gasteiger partial charge in [0.15, 0.2) is 0 Å². The summed E-state index contributed by atoms with van der Waals surface area (Å²) in [7, 11) is 2.92. The Morgan fingerprint density at radius 2 is 2.10 bits per heavy atom. The lowest BCUT2D eigenvalue weighted by atomic mass is 9.99. The minimum Gasteiger partial charge on any atom is -0.507 e. The van der Waals surface area contributed by atoms with E-state index in [0.717, 1.165) is 6.42 Å².